The van der Waals surface area contributed by atoms with E-state index in [4.69, 9.17) is 9.47 Å². The van der Waals surface area contributed by atoms with E-state index in [1.54, 1.807) is 0 Å². The number of piperidine rings is 1. The van der Waals surface area contributed by atoms with Crippen molar-refractivity contribution in [3.63, 3.8) is 0 Å². The number of carbonyl (C=O) groups is 2. The summed E-state index contributed by atoms with van der Waals surface area (Å²) in [5, 5.41) is 0. The van der Waals surface area contributed by atoms with Crippen molar-refractivity contribution in [2.45, 2.75) is 64.7 Å². The molecule has 2 heterocycles. The maximum atomic E-state index is 12.9. The third-order valence-electron chi connectivity index (χ3n) is 5.07. The molecule has 2 fully saturated rings. The maximum absolute atomic E-state index is 12.9. The molecule has 0 spiro atoms. The highest BCUT2D eigenvalue weighted by atomic mass is 16.5. The molecule has 2 aliphatic rings. The van der Waals surface area contributed by atoms with Crippen LogP contribution in [0.15, 0.2) is 0 Å². The zero-order valence-corrected chi connectivity index (χ0v) is 13.5. The van der Waals surface area contributed by atoms with Crippen molar-refractivity contribution < 1.29 is 19.1 Å². The molecule has 0 bridgehead atoms. The summed E-state index contributed by atoms with van der Waals surface area (Å²) in [7, 11) is 1.40. The number of amides is 1. The number of ether oxygens (including phenoxy) is 2. The summed E-state index contributed by atoms with van der Waals surface area (Å²) >= 11 is 0. The van der Waals surface area contributed by atoms with E-state index in [1.165, 1.54) is 7.11 Å². The molecule has 1 amide bonds. The molecule has 0 aromatic heterocycles. The van der Waals surface area contributed by atoms with E-state index < -0.39 is 0 Å². The molecule has 0 aliphatic carbocycles. The van der Waals surface area contributed by atoms with Gasteiger partial charge in [-0.25, -0.2) is 0 Å². The van der Waals surface area contributed by atoms with Crippen molar-refractivity contribution in [2.24, 2.45) is 11.8 Å². The topological polar surface area (TPSA) is 55.8 Å². The van der Waals surface area contributed by atoms with Crippen LogP contribution in [0.3, 0.4) is 0 Å². The van der Waals surface area contributed by atoms with Crippen LogP contribution in [-0.4, -0.2) is 48.7 Å². The maximum Gasteiger partial charge on any atom is 0.307 e. The molecule has 5 nitrogen and oxygen atoms in total. The molecule has 0 saturated carbocycles. The summed E-state index contributed by atoms with van der Waals surface area (Å²) < 4.78 is 10.6. The Morgan fingerprint density at radius 2 is 1.90 bits per heavy atom. The minimum absolute atomic E-state index is 0.0194. The van der Waals surface area contributed by atoms with Gasteiger partial charge in [-0.1, -0.05) is 6.92 Å². The molecule has 2 rings (SSSR count). The molecule has 2 aliphatic heterocycles. The van der Waals surface area contributed by atoms with Crippen LogP contribution in [0.1, 0.15) is 46.5 Å². The van der Waals surface area contributed by atoms with Crippen LogP contribution in [0.4, 0.5) is 0 Å². The molecule has 0 aromatic carbocycles. The number of hydrogen-bond donors (Lipinski definition) is 0. The Kier molecular flexibility index (Phi) is 5.25. The zero-order chi connectivity index (χ0) is 15.6. The van der Waals surface area contributed by atoms with Gasteiger partial charge in [0, 0.05) is 12.6 Å². The second-order valence-electron chi connectivity index (χ2n) is 6.39. The van der Waals surface area contributed by atoms with Gasteiger partial charge in [-0.2, -0.15) is 0 Å². The summed E-state index contributed by atoms with van der Waals surface area (Å²) in [5.41, 5.74) is 0. The first-order valence-corrected chi connectivity index (χ1v) is 7.98. The number of esters is 1. The molecular formula is C16H27NO4. The largest absolute Gasteiger partial charge is 0.469 e. The first kappa shape index (κ1) is 16.3. The first-order chi connectivity index (χ1) is 9.95. The van der Waals surface area contributed by atoms with Gasteiger partial charge in [0.1, 0.15) is 0 Å². The predicted octanol–water partition coefficient (Wildman–Crippen LogP) is 1.99. The van der Waals surface area contributed by atoms with Crippen LogP contribution in [0.25, 0.3) is 0 Å². The minimum Gasteiger partial charge on any atom is -0.469 e. The highest BCUT2D eigenvalue weighted by Gasteiger charge is 2.44. The lowest BCUT2D eigenvalue weighted by atomic mass is 9.86. The van der Waals surface area contributed by atoms with Crippen molar-refractivity contribution in [1.29, 1.82) is 0 Å². The monoisotopic (exact) mass is 297 g/mol. The Labute approximate surface area is 127 Å². The average molecular weight is 297 g/mol. The van der Waals surface area contributed by atoms with Gasteiger partial charge in [0.2, 0.25) is 5.91 Å². The van der Waals surface area contributed by atoms with E-state index in [2.05, 4.69) is 6.92 Å². The van der Waals surface area contributed by atoms with Gasteiger partial charge in [-0.05, 0) is 39.0 Å². The molecule has 2 saturated heterocycles. The third-order valence-corrected chi connectivity index (χ3v) is 5.07. The van der Waals surface area contributed by atoms with Crippen molar-refractivity contribution in [1.82, 2.24) is 4.90 Å². The van der Waals surface area contributed by atoms with Crippen molar-refractivity contribution in [3.05, 3.63) is 0 Å². The zero-order valence-electron chi connectivity index (χ0n) is 13.5. The van der Waals surface area contributed by atoms with Gasteiger partial charge in [0.15, 0.2) is 0 Å². The lowest BCUT2D eigenvalue weighted by Crippen LogP contribution is -2.49. The van der Waals surface area contributed by atoms with Crippen LogP contribution < -0.4 is 0 Å². The third kappa shape index (κ3) is 3.39. The van der Waals surface area contributed by atoms with Crippen LogP contribution in [-0.2, 0) is 19.1 Å². The quantitative estimate of drug-likeness (QED) is 0.748. The fraction of sp³-hybridized carbons (Fsp3) is 0.875. The lowest BCUT2D eigenvalue weighted by Gasteiger charge is -2.38. The smallest absolute Gasteiger partial charge is 0.307 e. The van der Waals surface area contributed by atoms with Crippen molar-refractivity contribution in [3.8, 4) is 0 Å². The SMILES string of the molecule is COC(=O)CC1CCCCN1C(=O)C1C(C)OC(C)C1C. The Morgan fingerprint density at radius 3 is 2.48 bits per heavy atom. The van der Waals surface area contributed by atoms with Gasteiger partial charge in [0.25, 0.3) is 0 Å². The molecule has 0 aromatic rings. The molecular weight excluding hydrogens is 270 g/mol. The van der Waals surface area contributed by atoms with Crippen LogP contribution in [0.2, 0.25) is 0 Å². The fourth-order valence-corrected chi connectivity index (χ4v) is 3.66. The minimum atomic E-state index is -0.239. The normalized spacial score (nSPS) is 36.6. The van der Waals surface area contributed by atoms with Gasteiger partial charge < -0.3 is 14.4 Å². The van der Waals surface area contributed by atoms with E-state index in [9.17, 15) is 9.59 Å². The van der Waals surface area contributed by atoms with Gasteiger partial charge >= 0.3 is 5.97 Å². The van der Waals surface area contributed by atoms with Crippen LogP contribution in [0, 0.1) is 11.8 Å². The van der Waals surface area contributed by atoms with Gasteiger partial charge in [0.05, 0.1) is 31.7 Å². The summed E-state index contributed by atoms with van der Waals surface area (Å²) in [4.78, 5) is 26.4. The van der Waals surface area contributed by atoms with E-state index in [0.717, 1.165) is 25.8 Å². The number of nitrogens with zero attached hydrogens (tertiary/aromatic N) is 1. The number of methoxy groups -OCH3 is 1. The molecule has 5 unspecified atom stereocenters. The van der Waals surface area contributed by atoms with Crippen molar-refractivity contribution >= 4 is 11.9 Å². The van der Waals surface area contributed by atoms with Gasteiger partial charge in [-0.15, -0.1) is 0 Å². The molecule has 21 heavy (non-hydrogen) atoms. The lowest BCUT2D eigenvalue weighted by molar-refractivity contribution is -0.147. The second kappa shape index (κ2) is 6.77. The standard InChI is InChI=1S/C16H27NO4/c1-10-11(2)21-12(3)15(10)16(19)17-8-6-5-7-13(17)9-14(18)20-4/h10-13,15H,5-9H2,1-4H3. The molecule has 5 heteroatoms. The highest BCUT2D eigenvalue weighted by Crippen LogP contribution is 2.35. The number of hydrogen-bond acceptors (Lipinski definition) is 4. The highest BCUT2D eigenvalue weighted by molar-refractivity contribution is 5.81. The number of carbonyl (C=O) groups excluding carboxylic acids is 2. The van der Waals surface area contributed by atoms with Gasteiger partial charge in [-0.3, -0.25) is 9.59 Å². The molecule has 5 atom stereocenters. The molecule has 0 radical (unpaired) electrons. The summed E-state index contributed by atoms with van der Waals surface area (Å²) in [5.74, 6) is 0.0243. The van der Waals surface area contributed by atoms with Crippen LogP contribution >= 0.6 is 0 Å². The summed E-state index contributed by atoms with van der Waals surface area (Å²) in [6.07, 6.45) is 3.31. The van der Waals surface area contributed by atoms with E-state index >= 15 is 0 Å². The van der Waals surface area contributed by atoms with E-state index in [0.29, 0.717) is 6.42 Å². The number of rotatable bonds is 3. The Hall–Kier alpha value is -1.10. The fourth-order valence-electron chi connectivity index (χ4n) is 3.66. The average Bonchev–Trinajstić information content (AvgIpc) is 2.72. The Bertz CT molecular complexity index is 398. The molecule has 120 valence electrons. The van der Waals surface area contributed by atoms with E-state index in [1.807, 2.05) is 18.7 Å². The molecule has 0 N–H and O–H groups in total. The van der Waals surface area contributed by atoms with Crippen LogP contribution in [0.5, 0.6) is 0 Å². The first-order valence-electron chi connectivity index (χ1n) is 7.98. The number of likely N-dealkylation sites (tertiary alicyclic amines) is 1. The van der Waals surface area contributed by atoms with Crippen molar-refractivity contribution in [2.75, 3.05) is 13.7 Å². The predicted molar refractivity (Wildman–Crippen MR) is 78.6 cm³/mol. The summed E-state index contributed by atoms with van der Waals surface area (Å²) in [6, 6.07) is -0.0194. The van der Waals surface area contributed by atoms with E-state index in [-0.39, 0.29) is 42.0 Å². The Morgan fingerprint density at radius 1 is 1.19 bits per heavy atom. The Balaban J connectivity index is 2.09. The summed E-state index contributed by atoms with van der Waals surface area (Å²) in [6.45, 7) is 6.82. The second-order valence-corrected chi connectivity index (χ2v) is 6.39.